The molecule has 0 aromatic carbocycles. The van der Waals surface area contributed by atoms with E-state index in [-0.39, 0.29) is 23.4 Å². The fraction of sp³-hybridized carbons (Fsp3) is 0.571. The van der Waals surface area contributed by atoms with Crippen LogP contribution >= 0.6 is 0 Å². The van der Waals surface area contributed by atoms with Crippen molar-refractivity contribution in [2.45, 2.75) is 46.2 Å². The number of rotatable bonds is 4. The van der Waals surface area contributed by atoms with Crippen LogP contribution in [-0.2, 0) is 16.9 Å². The highest BCUT2D eigenvalue weighted by molar-refractivity contribution is 5.76. The smallest absolute Gasteiger partial charge is 0.264 e. The van der Waals surface area contributed by atoms with Crippen molar-refractivity contribution < 1.29 is 4.79 Å². The summed E-state index contributed by atoms with van der Waals surface area (Å²) in [6, 6.07) is 0. The number of carbonyl (C=O) groups is 1. The van der Waals surface area contributed by atoms with Gasteiger partial charge >= 0.3 is 0 Å². The van der Waals surface area contributed by atoms with Crippen molar-refractivity contribution in [1.82, 2.24) is 24.6 Å². The topological polar surface area (TPSA) is 81.8 Å². The second kappa shape index (κ2) is 5.67. The van der Waals surface area contributed by atoms with E-state index >= 15 is 0 Å². The van der Waals surface area contributed by atoms with Crippen molar-refractivity contribution in [2.75, 3.05) is 6.54 Å². The summed E-state index contributed by atoms with van der Waals surface area (Å²) in [6.07, 6.45) is 3.28. The first-order valence-corrected chi connectivity index (χ1v) is 7.05. The van der Waals surface area contributed by atoms with Crippen LogP contribution in [0.4, 0.5) is 0 Å². The molecule has 0 aliphatic carbocycles. The highest BCUT2D eigenvalue weighted by atomic mass is 16.1. The molecule has 0 aliphatic rings. The molecule has 2 heterocycles. The first kappa shape index (κ1) is 15.2. The van der Waals surface area contributed by atoms with Gasteiger partial charge in [-0.2, -0.15) is 5.10 Å². The molecule has 114 valence electrons. The molecule has 0 radical (unpaired) electrons. The van der Waals surface area contributed by atoms with Gasteiger partial charge < -0.3 is 5.32 Å². The Morgan fingerprint density at radius 3 is 2.71 bits per heavy atom. The SMILES string of the molecule is CCNC(=O)CCn1cnc2c(cnn2C(C)(C)C)c1=O. The van der Waals surface area contributed by atoms with Crippen LogP contribution in [0.2, 0.25) is 0 Å². The molecule has 7 heteroatoms. The van der Waals surface area contributed by atoms with Gasteiger partial charge in [-0.05, 0) is 27.7 Å². The minimum Gasteiger partial charge on any atom is -0.356 e. The van der Waals surface area contributed by atoms with E-state index in [0.717, 1.165) is 0 Å². The monoisotopic (exact) mass is 291 g/mol. The second-order valence-electron chi connectivity index (χ2n) is 5.91. The predicted octanol–water partition coefficient (Wildman–Crippen LogP) is 0.874. The average Bonchev–Trinajstić information content (AvgIpc) is 2.83. The molecular weight excluding hydrogens is 270 g/mol. The Labute approximate surface area is 123 Å². The molecule has 0 saturated heterocycles. The molecule has 0 unspecified atom stereocenters. The molecule has 2 aromatic heterocycles. The molecule has 0 bridgehead atoms. The van der Waals surface area contributed by atoms with Crippen molar-refractivity contribution in [2.24, 2.45) is 0 Å². The van der Waals surface area contributed by atoms with Crippen LogP contribution < -0.4 is 10.9 Å². The molecule has 2 rings (SSSR count). The van der Waals surface area contributed by atoms with Crippen LogP contribution in [0.3, 0.4) is 0 Å². The molecule has 0 spiro atoms. The molecular formula is C14H21N5O2. The van der Waals surface area contributed by atoms with Gasteiger partial charge in [-0.3, -0.25) is 14.2 Å². The zero-order valence-corrected chi connectivity index (χ0v) is 12.9. The van der Waals surface area contributed by atoms with Crippen LogP contribution in [-0.4, -0.2) is 31.8 Å². The van der Waals surface area contributed by atoms with Crippen LogP contribution in [0, 0.1) is 0 Å². The second-order valence-corrected chi connectivity index (χ2v) is 5.91. The van der Waals surface area contributed by atoms with E-state index in [9.17, 15) is 9.59 Å². The number of nitrogens with zero attached hydrogens (tertiary/aromatic N) is 4. The zero-order chi connectivity index (χ0) is 15.6. The Morgan fingerprint density at radius 1 is 1.38 bits per heavy atom. The number of hydrogen-bond donors (Lipinski definition) is 1. The first-order valence-electron chi connectivity index (χ1n) is 7.05. The maximum atomic E-state index is 12.4. The van der Waals surface area contributed by atoms with Crippen molar-refractivity contribution in [3.63, 3.8) is 0 Å². The van der Waals surface area contributed by atoms with Crippen LogP contribution in [0.25, 0.3) is 11.0 Å². The van der Waals surface area contributed by atoms with Crippen LogP contribution in [0.1, 0.15) is 34.1 Å². The number of fused-ring (bicyclic) bond motifs is 1. The van der Waals surface area contributed by atoms with Crippen molar-refractivity contribution >= 4 is 16.9 Å². The third-order valence-corrected chi connectivity index (χ3v) is 3.14. The summed E-state index contributed by atoms with van der Waals surface area (Å²) in [7, 11) is 0. The molecule has 21 heavy (non-hydrogen) atoms. The summed E-state index contributed by atoms with van der Waals surface area (Å²) in [5, 5.41) is 7.44. The fourth-order valence-electron chi connectivity index (χ4n) is 2.11. The van der Waals surface area contributed by atoms with Crippen molar-refractivity contribution in [3.8, 4) is 0 Å². The van der Waals surface area contributed by atoms with E-state index in [0.29, 0.717) is 24.1 Å². The number of hydrogen-bond acceptors (Lipinski definition) is 4. The molecule has 0 fully saturated rings. The summed E-state index contributed by atoms with van der Waals surface area (Å²) in [5.41, 5.74) is 0.163. The van der Waals surface area contributed by atoms with E-state index < -0.39 is 0 Å². The number of nitrogens with one attached hydrogen (secondary N) is 1. The van der Waals surface area contributed by atoms with Crippen LogP contribution in [0.5, 0.6) is 0 Å². The molecule has 1 N–H and O–H groups in total. The molecule has 2 aromatic rings. The van der Waals surface area contributed by atoms with Crippen molar-refractivity contribution in [1.29, 1.82) is 0 Å². The minimum atomic E-state index is -0.242. The summed E-state index contributed by atoms with van der Waals surface area (Å²) in [5.74, 6) is -0.0742. The Bertz CT molecular complexity index is 708. The maximum absolute atomic E-state index is 12.4. The van der Waals surface area contributed by atoms with Gasteiger partial charge in [0.15, 0.2) is 5.65 Å². The summed E-state index contributed by atoms with van der Waals surface area (Å²) in [4.78, 5) is 28.2. The zero-order valence-electron chi connectivity index (χ0n) is 12.9. The van der Waals surface area contributed by atoms with Gasteiger partial charge in [0.1, 0.15) is 5.39 Å². The third kappa shape index (κ3) is 3.12. The van der Waals surface area contributed by atoms with Gasteiger partial charge in [-0.1, -0.05) is 0 Å². The highest BCUT2D eigenvalue weighted by Gasteiger charge is 2.19. The Kier molecular flexibility index (Phi) is 4.11. The number of aromatic nitrogens is 4. The van der Waals surface area contributed by atoms with Crippen molar-refractivity contribution in [3.05, 3.63) is 22.9 Å². The average molecular weight is 291 g/mol. The van der Waals surface area contributed by atoms with E-state index in [1.807, 2.05) is 27.7 Å². The lowest BCUT2D eigenvalue weighted by Gasteiger charge is -2.19. The predicted molar refractivity (Wildman–Crippen MR) is 80.1 cm³/mol. The van der Waals surface area contributed by atoms with Crippen LogP contribution in [0.15, 0.2) is 17.3 Å². The summed E-state index contributed by atoms with van der Waals surface area (Å²) < 4.78 is 3.18. The van der Waals surface area contributed by atoms with Gasteiger partial charge in [0.25, 0.3) is 5.56 Å². The van der Waals surface area contributed by atoms with E-state index in [2.05, 4.69) is 15.4 Å². The standard InChI is InChI=1S/C14H21N5O2/c1-5-15-11(20)6-7-18-9-16-12-10(13(18)21)8-17-19(12)14(2,3)4/h8-9H,5-7H2,1-4H3,(H,15,20). The molecule has 0 aliphatic heterocycles. The Morgan fingerprint density at radius 2 is 2.10 bits per heavy atom. The molecule has 0 atom stereocenters. The van der Waals surface area contributed by atoms with Gasteiger partial charge in [-0.15, -0.1) is 0 Å². The van der Waals surface area contributed by atoms with Gasteiger partial charge in [0.2, 0.25) is 5.91 Å². The van der Waals surface area contributed by atoms with E-state index in [4.69, 9.17) is 0 Å². The maximum Gasteiger partial charge on any atom is 0.264 e. The number of amides is 1. The largest absolute Gasteiger partial charge is 0.356 e. The van der Waals surface area contributed by atoms with E-state index in [1.54, 1.807) is 10.9 Å². The molecule has 7 nitrogen and oxygen atoms in total. The van der Waals surface area contributed by atoms with Gasteiger partial charge in [0.05, 0.1) is 18.1 Å². The molecule has 1 amide bonds. The Hall–Kier alpha value is -2.18. The number of carbonyl (C=O) groups excluding carboxylic acids is 1. The quantitative estimate of drug-likeness (QED) is 0.906. The lowest BCUT2D eigenvalue weighted by molar-refractivity contribution is -0.121. The minimum absolute atomic E-state index is 0.0742. The highest BCUT2D eigenvalue weighted by Crippen LogP contribution is 2.17. The summed E-state index contributed by atoms with van der Waals surface area (Å²) >= 11 is 0. The summed E-state index contributed by atoms with van der Waals surface area (Å²) in [6.45, 7) is 8.77. The molecule has 0 saturated carbocycles. The fourth-order valence-corrected chi connectivity index (χ4v) is 2.11. The Balaban J connectivity index is 2.31. The van der Waals surface area contributed by atoms with Gasteiger partial charge in [0, 0.05) is 19.5 Å². The van der Waals surface area contributed by atoms with Gasteiger partial charge in [-0.25, -0.2) is 9.67 Å². The normalized spacial score (nSPS) is 11.8. The number of aryl methyl sites for hydroxylation is 1. The third-order valence-electron chi connectivity index (χ3n) is 3.14. The lowest BCUT2D eigenvalue weighted by atomic mass is 10.1. The van der Waals surface area contributed by atoms with E-state index in [1.165, 1.54) is 10.9 Å². The lowest BCUT2D eigenvalue weighted by Crippen LogP contribution is -2.28. The first-order chi connectivity index (χ1) is 9.84.